The fourth-order valence-corrected chi connectivity index (χ4v) is 5.43. The number of aliphatic imine (C=N–C) groups is 1. The van der Waals surface area contributed by atoms with Gasteiger partial charge in [0, 0.05) is 17.1 Å². The van der Waals surface area contributed by atoms with Crippen molar-refractivity contribution in [1.29, 1.82) is 0 Å². The van der Waals surface area contributed by atoms with Gasteiger partial charge in [0.1, 0.15) is 17.4 Å². The summed E-state index contributed by atoms with van der Waals surface area (Å²) in [5.74, 6) is 0.851. The molecule has 1 N–H and O–H groups in total. The first-order chi connectivity index (χ1) is 16.1. The van der Waals surface area contributed by atoms with Crippen LogP contribution in [0.25, 0.3) is 0 Å². The Balaban J connectivity index is 1.45. The number of carbonyl (C=O) groups excluding carboxylic acids is 1. The molecule has 172 valence electrons. The lowest BCUT2D eigenvalue weighted by atomic mass is 9.95. The van der Waals surface area contributed by atoms with Gasteiger partial charge in [-0.25, -0.2) is 4.99 Å². The van der Waals surface area contributed by atoms with E-state index in [-0.39, 0.29) is 11.9 Å². The van der Waals surface area contributed by atoms with Crippen molar-refractivity contribution < 1.29 is 9.53 Å². The number of hydrogen-bond acceptors (Lipinski definition) is 4. The Kier molecular flexibility index (Phi) is 7.95. The van der Waals surface area contributed by atoms with Crippen LogP contribution in [0.3, 0.4) is 0 Å². The lowest BCUT2D eigenvalue weighted by Gasteiger charge is -2.23. The van der Waals surface area contributed by atoms with E-state index in [0.29, 0.717) is 6.61 Å². The molecule has 1 aromatic heterocycles. The highest BCUT2D eigenvalue weighted by Gasteiger charge is 2.23. The third-order valence-electron chi connectivity index (χ3n) is 6.17. The summed E-state index contributed by atoms with van der Waals surface area (Å²) in [6.07, 6.45) is 8.49. The van der Waals surface area contributed by atoms with Crippen molar-refractivity contribution in [2.75, 3.05) is 0 Å². The van der Waals surface area contributed by atoms with Crippen molar-refractivity contribution in [3.8, 4) is 5.75 Å². The number of thiophene rings is 1. The molecule has 0 unspecified atom stereocenters. The number of nitrogens with one attached hydrogen (secondary N) is 1. The lowest BCUT2D eigenvalue weighted by molar-refractivity contribution is 0.0928. The van der Waals surface area contributed by atoms with Crippen LogP contribution in [0.1, 0.15) is 71.0 Å². The number of nitrogens with zero attached hydrogens (tertiary/aromatic N) is 1. The number of aryl methyl sites for hydroxylation is 1. The van der Waals surface area contributed by atoms with Gasteiger partial charge in [-0.2, -0.15) is 0 Å². The molecule has 0 radical (unpaired) electrons. The summed E-state index contributed by atoms with van der Waals surface area (Å²) in [5, 5.41) is 4.07. The molecule has 0 spiro atoms. The summed E-state index contributed by atoms with van der Waals surface area (Å²) in [4.78, 5) is 19.1. The SMILES string of the molecule is CCc1c(C)sc(/N=C/c2ccc(OCc3ccccc3)cc2)c1C(=O)NC1CCCCC1. The first kappa shape index (κ1) is 23.2. The number of ether oxygens (including phenoxy) is 1. The minimum atomic E-state index is 0.0277. The lowest BCUT2D eigenvalue weighted by Crippen LogP contribution is -2.36. The maximum atomic E-state index is 13.2. The van der Waals surface area contributed by atoms with Crippen LogP contribution in [0, 0.1) is 6.92 Å². The van der Waals surface area contributed by atoms with Crippen molar-refractivity contribution in [2.45, 2.75) is 65.0 Å². The Labute approximate surface area is 200 Å². The summed E-state index contributed by atoms with van der Waals surface area (Å²) in [6, 6.07) is 18.3. The second-order valence-electron chi connectivity index (χ2n) is 8.58. The first-order valence-corrected chi connectivity index (χ1v) is 12.7. The van der Waals surface area contributed by atoms with Gasteiger partial charge in [-0.3, -0.25) is 4.79 Å². The molecule has 4 nitrogen and oxygen atoms in total. The molecule has 5 heteroatoms. The molecule has 0 atom stereocenters. The van der Waals surface area contributed by atoms with E-state index in [0.717, 1.165) is 52.3 Å². The van der Waals surface area contributed by atoms with E-state index in [9.17, 15) is 4.79 Å². The molecular weight excluding hydrogens is 428 g/mol. The van der Waals surface area contributed by atoms with Crippen LogP contribution in [0.4, 0.5) is 5.00 Å². The molecule has 1 aliphatic carbocycles. The van der Waals surface area contributed by atoms with Gasteiger partial charge in [0.05, 0.1) is 5.56 Å². The summed E-state index contributed by atoms with van der Waals surface area (Å²) in [6.45, 7) is 4.73. The monoisotopic (exact) mass is 460 g/mol. The maximum absolute atomic E-state index is 13.2. The zero-order valence-electron chi connectivity index (χ0n) is 19.5. The van der Waals surface area contributed by atoms with Gasteiger partial charge in [-0.1, -0.05) is 56.5 Å². The standard InChI is InChI=1S/C28H32N2O2S/c1-3-25-20(2)33-28(26(25)27(31)30-23-12-8-5-9-13-23)29-18-21-14-16-24(17-15-21)32-19-22-10-6-4-7-11-22/h4,6-7,10-11,14-18,23H,3,5,8-9,12-13,19H2,1-2H3,(H,30,31)/b29-18+. The zero-order valence-corrected chi connectivity index (χ0v) is 20.3. The van der Waals surface area contributed by atoms with Gasteiger partial charge in [0.2, 0.25) is 0 Å². The molecule has 1 aliphatic rings. The van der Waals surface area contributed by atoms with Crippen LogP contribution in [0.5, 0.6) is 5.75 Å². The second kappa shape index (κ2) is 11.3. The van der Waals surface area contributed by atoms with Gasteiger partial charge in [0.25, 0.3) is 5.91 Å². The van der Waals surface area contributed by atoms with Crippen LogP contribution in [-0.2, 0) is 13.0 Å². The minimum Gasteiger partial charge on any atom is -0.489 e. The molecule has 1 fully saturated rings. The van der Waals surface area contributed by atoms with Crippen LogP contribution in [0.15, 0.2) is 59.6 Å². The molecule has 0 bridgehead atoms. The largest absolute Gasteiger partial charge is 0.489 e. The predicted octanol–water partition coefficient (Wildman–Crippen LogP) is 7.01. The van der Waals surface area contributed by atoms with Gasteiger partial charge >= 0.3 is 0 Å². The van der Waals surface area contributed by atoms with Crippen LogP contribution in [0.2, 0.25) is 0 Å². The molecule has 0 aliphatic heterocycles. The average molecular weight is 461 g/mol. The van der Waals surface area contributed by atoms with Crippen LogP contribution in [-0.4, -0.2) is 18.2 Å². The quantitative estimate of drug-likeness (QED) is 0.368. The number of rotatable bonds is 8. The predicted molar refractivity (Wildman–Crippen MR) is 137 cm³/mol. The number of amides is 1. The Morgan fingerprint density at radius 1 is 1.09 bits per heavy atom. The van der Waals surface area contributed by atoms with E-state index in [1.54, 1.807) is 11.3 Å². The Bertz CT molecular complexity index is 1080. The first-order valence-electron chi connectivity index (χ1n) is 11.9. The molecule has 3 aromatic rings. The molecule has 1 amide bonds. The summed E-state index contributed by atoms with van der Waals surface area (Å²) in [7, 11) is 0. The topological polar surface area (TPSA) is 50.7 Å². The van der Waals surface area contributed by atoms with Gasteiger partial charge < -0.3 is 10.1 Å². The van der Waals surface area contributed by atoms with Crippen molar-refractivity contribution >= 4 is 28.5 Å². The molecule has 2 aromatic carbocycles. The Morgan fingerprint density at radius 3 is 2.52 bits per heavy atom. The maximum Gasteiger partial charge on any atom is 0.254 e. The fourth-order valence-electron chi connectivity index (χ4n) is 4.34. The number of hydrogen-bond donors (Lipinski definition) is 1. The van der Waals surface area contributed by atoms with Crippen molar-refractivity contribution in [3.05, 3.63) is 81.7 Å². The van der Waals surface area contributed by atoms with Crippen LogP contribution < -0.4 is 10.1 Å². The highest BCUT2D eigenvalue weighted by atomic mass is 32.1. The van der Waals surface area contributed by atoms with E-state index in [1.807, 2.05) is 48.7 Å². The smallest absolute Gasteiger partial charge is 0.254 e. The minimum absolute atomic E-state index is 0.0277. The normalized spacial score (nSPS) is 14.5. The third kappa shape index (κ3) is 6.11. The highest BCUT2D eigenvalue weighted by molar-refractivity contribution is 7.16. The van der Waals surface area contributed by atoms with E-state index < -0.39 is 0 Å². The Hall–Kier alpha value is -2.92. The van der Waals surface area contributed by atoms with Gasteiger partial charge in [0.15, 0.2) is 0 Å². The molecular formula is C28H32N2O2S. The molecule has 1 heterocycles. The summed E-state index contributed by atoms with van der Waals surface area (Å²) < 4.78 is 5.87. The van der Waals surface area contributed by atoms with Gasteiger partial charge in [-0.15, -0.1) is 11.3 Å². The van der Waals surface area contributed by atoms with Gasteiger partial charge in [-0.05, 0) is 67.1 Å². The van der Waals surface area contributed by atoms with Crippen molar-refractivity contribution in [2.24, 2.45) is 4.99 Å². The van der Waals surface area contributed by atoms with Crippen molar-refractivity contribution in [3.63, 3.8) is 0 Å². The van der Waals surface area contributed by atoms with E-state index in [1.165, 1.54) is 24.1 Å². The van der Waals surface area contributed by atoms with Crippen molar-refractivity contribution in [1.82, 2.24) is 5.32 Å². The fraction of sp³-hybridized carbons (Fsp3) is 0.357. The third-order valence-corrected chi connectivity index (χ3v) is 7.23. The Morgan fingerprint density at radius 2 is 1.82 bits per heavy atom. The molecule has 1 saturated carbocycles. The average Bonchev–Trinajstić information content (AvgIpc) is 3.18. The van der Waals surface area contributed by atoms with E-state index in [4.69, 9.17) is 9.73 Å². The molecule has 33 heavy (non-hydrogen) atoms. The van der Waals surface area contributed by atoms with E-state index >= 15 is 0 Å². The number of benzene rings is 2. The van der Waals surface area contributed by atoms with E-state index in [2.05, 4.69) is 31.3 Å². The zero-order chi connectivity index (χ0) is 23.0. The molecule has 0 saturated heterocycles. The highest BCUT2D eigenvalue weighted by Crippen LogP contribution is 2.36. The second-order valence-corrected chi connectivity index (χ2v) is 9.78. The summed E-state index contributed by atoms with van der Waals surface area (Å²) in [5.41, 5.74) is 3.99. The summed E-state index contributed by atoms with van der Waals surface area (Å²) >= 11 is 1.60. The molecule has 4 rings (SSSR count). The van der Waals surface area contributed by atoms with Crippen LogP contribution >= 0.6 is 11.3 Å². The number of carbonyl (C=O) groups is 1.